The standard InChI is InChI=1S/C25H44N2.C16H26N2/c1-6-10-22(14-15-26)18-23(11-7-2)16-21(5)17-24(12-8-3)19-25(20-27)13-9-4;1-13(7-5-6-8-17)9-14(2)10-15(3)11-16(4)12-18/h22-25H,5-14,16-19H2,1-4H3;13,15-16H,2,5-7,9-11H2,1,3-4H3. The molecule has 0 aromatic heterocycles. The quantitative estimate of drug-likeness (QED) is 0.0711. The molecule has 0 bridgehead atoms. The van der Waals surface area contributed by atoms with E-state index in [0.717, 1.165) is 70.6 Å². The minimum absolute atomic E-state index is 0.140. The molecule has 0 N–H and O–H groups in total. The lowest BCUT2D eigenvalue weighted by atomic mass is 9.80. The van der Waals surface area contributed by atoms with Crippen molar-refractivity contribution in [3.05, 3.63) is 24.3 Å². The van der Waals surface area contributed by atoms with E-state index in [-0.39, 0.29) is 11.8 Å². The Balaban J connectivity index is 0. The fourth-order valence-electron chi connectivity index (χ4n) is 7.06. The summed E-state index contributed by atoms with van der Waals surface area (Å²) in [5, 5.41) is 35.8. The van der Waals surface area contributed by atoms with Crippen molar-refractivity contribution in [2.24, 2.45) is 41.4 Å². The van der Waals surface area contributed by atoms with E-state index < -0.39 is 0 Å². The van der Waals surface area contributed by atoms with Gasteiger partial charge in [0.25, 0.3) is 0 Å². The Morgan fingerprint density at radius 1 is 0.556 bits per heavy atom. The van der Waals surface area contributed by atoms with Crippen molar-refractivity contribution in [1.82, 2.24) is 0 Å². The zero-order valence-electron chi connectivity index (χ0n) is 30.7. The van der Waals surface area contributed by atoms with E-state index >= 15 is 0 Å². The van der Waals surface area contributed by atoms with Crippen molar-refractivity contribution in [1.29, 1.82) is 21.0 Å². The number of rotatable bonds is 26. The highest BCUT2D eigenvalue weighted by atomic mass is 14.3. The SMILES string of the molecule is C=C(CC(C)CCCC#N)CC(C)CC(C)C#N.C=C(CC(CCC)CC(C#N)CCC)CC(CCC)CC(CC#N)CCC. The number of hydrogen-bond donors (Lipinski definition) is 0. The minimum atomic E-state index is 0.140. The Labute approximate surface area is 281 Å². The van der Waals surface area contributed by atoms with Crippen LogP contribution in [0.25, 0.3) is 0 Å². The first-order valence-corrected chi connectivity index (χ1v) is 18.4. The molecule has 0 aliphatic rings. The first-order valence-electron chi connectivity index (χ1n) is 18.4. The Hall–Kier alpha value is -2.56. The number of allylic oxidation sites excluding steroid dienone is 2. The van der Waals surface area contributed by atoms with Crippen LogP contribution >= 0.6 is 0 Å². The average Bonchev–Trinajstić information content (AvgIpc) is 2.97. The number of nitriles is 4. The van der Waals surface area contributed by atoms with Gasteiger partial charge in [-0.3, -0.25) is 0 Å². The topological polar surface area (TPSA) is 95.2 Å². The van der Waals surface area contributed by atoms with E-state index in [2.05, 4.69) is 79.0 Å². The minimum Gasteiger partial charge on any atom is -0.198 e. The summed E-state index contributed by atoms with van der Waals surface area (Å²) in [4.78, 5) is 0. The smallest absolute Gasteiger partial charge is 0.0655 e. The van der Waals surface area contributed by atoms with E-state index in [1.807, 2.05) is 6.92 Å². The molecule has 0 aromatic rings. The number of hydrogen-bond acceptors (Lipinski definition) is 4. The van der Waals surface area contributed by atoms with Crippen molar-refractivity contribution in [2.75, 3.05) is 0 Å². The van der Waals surface area contributed by atoms with Crippen LogP contribution < -0.4 is 0 Å². The second-order valence-electron chi connectivity index (χ2n) is 14.3. The van der Waals surface area contributed by atoms with E-state index in [4.69, 9.17) is 15.8 Å². The van der Waals surface area contributed by atoms with Gasteiger partial charge < -0.3 is 0 Å². The fraction of sp³-hybridized carbons (Fsp3) is 0.805. The summed E-state index contributed by atoms with van der Waals surface area (Å²) in [6.45, 7) is 23.9. The van der Waals surface area contributed by atoms with Gasteiger partial charge in [-0.15, -0.1) is 0 Å². The van der Waals surface area contributed by atoms with Crippen LogP contribution in [0.2, 0.25) is 0 Å². The molecule has 4 heteroatoms. The molecule has 0 rings (SSSR count). The maximum atomic E-state index is 9.43. The van der Waals surface area contributed by atoms with Crippen LogP contribution in [0.3, 0.4) is 0 Å². The maximum absolute atomic E-state index is 9.43. The van der Waals surface area contributed by atoms with Crippen LogP contribution in [-0.4, -0.2) is 0 Å². The zero-order valence-corrected chi connectivity index (χ0v) is 30.7. The summed E-state index contributed by atoms with van der Waals surface area (Å²) in [5.41, 5.74) is 2.66. The molecule has 0 fully saturated rings. The van der Waals surface area contributed by atoms with E-state index in [1.54, 1.807) is 0 Å². The summed E-state index contributed by atoms with van der Waals surface area (Å²) >= 11 is 0. The van der Waals surface area contributed by atoms with Gasteiger partial charge in [0.1, 0.15) is 0 Å². The second-order valence-corrected chi connectivity index (χ2v) is 14.3. The van der Waals surface area contributed by atoms with Gasteiger partial charge in [-0.25, -0.2) is 0 Å². The van der Waals surface area contributed by atoms with E-state index in [1.165, 1.54) is 49.7 Å². The average molecular weight is 619 g/mol. The van der Waals surface area contributed by atoms with Crippen LogP contribution in [-0.2, 0) is 0 Å². The van der Waals surface area contributed by atoms with E-state index in [0.29, 0.717) is 42.4 Å². The largest absolute Gasteiger partial charge is 0.198 e. The first kappa shape index (κ1) is 44.6. The van der Waals surface area contributed by atoms with Crippen LogP contribution in [0, 0.1) is 86.7 Å². The summed E-state index contributed by atoms with van der Waals surface area (Å²) in [5.74, 6) is 3.31. The van der Waals surface area contributed by atoms with Crippen molar-refractivity contribution < 1.29 is 0 Å². The molecule has 0 aliphatic carbocycles. The predicted molar refractivity (Wildman–Crippen MR) is 193 cm³/mol. The molecule has 0 spiro atoms. The molecule has 7 atom stereocenters. The van der Waals surface area contributed by atoms with E-state index in [9.17, 15) is 5.26 Å². The Bertz CT molecular complexity index is 923. The van der Waals surface area contributed by atoms with Crippen LogP contribution in [0.15, 0.2) is 24.3 Å². The molecule has 0 aliphatic heterocycles. The second kappa shape index (κ2) is 30.1. The molecule has 0 heterocycles. The van der Waals surface area contributed by atoms with Crippen LogP contribution in [0.5, 0.6) is 0 Å². The highest BCUT2D eigenvalue weighted by molar-refractivity contribution is 5.00. The molecule has 45 heavy (non-hydrogen) atoms. The lowest BCUT2D eigenvalue weighted by Crippen LogP contribution is -2.13. The van der Waals surface area contributed by atoms with Gasteiger partial charge in [-0.2, -0.15) is 21.0 Å². The maximum Gasteiger partial charge on any atom is 0.0655 e. The molecule has 0 saturated carbocycles. The monoisotopic (exact) mass is 619 g/mol. The highest BCUT2D eigenvalue weighted by Gasteiger charge is 2.20. The normalized spacial score (nSPS) is 15.3. The van der Waals surface area contributed by atoms with Gasteiger partial charge in [0, 0.05) is 24.7 Å². The molecule has 4 nitrogen and oxygen atoms in total. The van der Waals surface area contributed by atoms with Crippen molar-refractivity contribution in [2.45, 2.75) is 170 Å². The third kappa shape index (κ3) is 26.4. The lowest BCUT2D eigenvalue weighted by Gasteiger charge is -2.25. The predicted octanol–water partition coefficient (Wildman–Crippen LogP) is 13.0. The Morgan fingerprint density at radius 2 is 1.07 bits per heavy atom. The van der Waals surface area contributed by atoms with Gasteiger partial charge in [0.2, 0.25) is 0 Å². The van der Waals surface area contributed by atoms with Gasteiger partial charge in [0.05, 0.1) is 24.3 Å². The van der Waals surface area contributed by atoms with Gasteiger partial charge in [0.15, 0.2) is 0 Å². The summed E-state index contributed by atoms with van der Waals surface area (Å²) in [7, 11) is 0. The van der Waals surface area contributed by atoms with Crippen LogP contribution in [0.1, 0.15) is 170 Å². The molecule has 0 saturated heterocycles. The molecule has 7 unspecified atom stereocenters. The number of nitrogens with zero attached hydrogens (tertiary/aromatic N) is 4. The molecular formula is C41H70N4. The highest BCUT2D eigenvalue weighted by Crippen LogP contribution is 2.33. The van der Waals surface area contributed by atoms with Crippen molar-refractivity contribution >= 4 is 0 Å². The number of unbranched alkanes of at least 4 members (excludes halogenated alkanes) is 1. The van der Waals surface area contributed by atoms with Crippen LogP contribution in [0.4, 0.5) is 0 Å². The van der Waals surface area contributed by atoms with Crippen molar-refractivity contribution in [3.63, 3.8) is 0 Å². The third-order valence-corrected chi connectivity index (χ3v) is 8.97. The summed E-state index contributed by atoms with van der Waals surface area (Å²) in [6, 6.07) is 9.38. The molecule has 0 aromatic carbocycles. The molecule has 0 radical (unpaired) electrons. The molecule has 254 valence electrons. The van der Waals surface area contributed by atoms with Gasteiger partial charge in [-0.1, -0.05) is 104 Å². The first-order chi connectivity index (χ1) is 21.5. The zero-order chi connectivity index (χ0) is 34.5. The third-order valence-electron chi connectivity index (χ3n) is 8.97. The Kier molecular flexibility index (Phi) is 29.8. The Morgan fingerprint density at radius 3 is 1.56 bits per heavy atom. The lowest BCUT2D eigenvalue weighted by molar-refractivity contribution is 0.322. The van der Waals surface area contributed by atoms with Crippen molar-refractivity contribution in [3.8, 4) is 24.3 Å². The molecular weight excluding hydrogens is 548 g/mol. The molecule has 0 amide bonds. The van der Waals surface area contributed by atoms with Gasteiger partial charge >= 0.3 is 0 Å². The summed E-state index contributed by atoms with van der Waals surface area (Å²) < 4.78 is 0. The fourth-order valence-corrected chi connectivity index (χ4v) is 7.06. The summed E-state index contributed by atoms with van der Waals surface area (Å²) in [6.07, 6.45) is 20.1. The van der Waals surface area contributed by atoms with Gasteiger partial charge in [-0.05, 0) is 107 Å².